The van der Waals surface area contributed by atoms with Gasteiger partial charge < -0.3 is 4.52 Å². The van der Waals surface area contributed by atoms with E-state index in [0.717, 1.165) is 5.56 Å². The van der Waals surface area contributed by atoms with Crippen molar-refractivity contribution < 1.29 is 8.91 Å². The van der Waals surface area contributed by atoms with E-state index in [4.69, 9.17) is 16.1 Å². The summed E-state index contributed by atoms with van der Waals surface area (Å²) in [5, 5.41) is 18.3. The third-order valence-electron chi connectivity index (χ3n) is 4.44. The van der Waals surface area contributed by atoms with Crippen LogP contribution in [0.4, 0.5) is 4.39 Å². The van der Waals surface area contributed by atoms with Crippen molar-refractivity contribution in [3.63, 3.8) is 0 Å². The summed E-state index contributed by atoms with van der Waals surface area (Å²) in [6.45, 7) is 0.116. The van der Waals surface area contributed by atoms with E-state index in [1.807, 2.05) is 0 Å². The molecule has 32 heavy (non-hydrogen) atoms. The second-order valence-electron chi connectivity index (χ2n) is 6.66. The van der Waals surface area contributed by atoms with Crippen LogP contribution in [0.3, 0.4) is 0 Å². The molecule has 0 bridgehead atoms. The summed E-state index contributed by atoms with van der Waals surface area (Å²) in [5.74, 6) is 0.194. The molecule has 0 aliphatic rings. The van der Waals surface area contributed by atoms with Gasteiger partial charge in [-0.3, -0.25) is 4.79 Å². The fourth-order valence-electron chi connectivity index (χ4n) is 2.90. The summed E-state index contributed by atoms with van der Waals surface area (Å²) in [5.41, 5.74) is 1.46. The lowest BCUT2D eigenvalue weighted by molar-refractivity contribution is 0.432. The SMILES string of the molecule is O=c1ccc(-c2noc(-c3cccc(Cl)c3)n2)nn1Cc1nnc(-c2ccc(F)cc2)s1. The number of hydrogen-bond acceptors (Lipinski definition) is 8. The van der Waals surface area contributed by atoms with Gasteiger partial charge in [0.1, 0.15) is 21.5 Å². The molecule has 158 valence electrons. The van der Waals surface area contributed by atoms with Gasteiger partial charge in [-0.1, -0.05) is 34.2 Å². The van der Waals surface area contributed by atoms with Gasteiger partial charge in [0.25, 0.3) is 11.4 Å². The molecule has 2 aromatic carbocycles. The second kappa shape index (κ2) is 8.40. The number of benzene rings is 2. The average Bonchev–Trinajstić information content (AvgIpc) is 3.46. The molecule has 0 radical (unpaired) electrons. The van der Waals surface area contributed by atoms with E-state index in [1.165, 1.54) is 40.3 Å². The lowest BCUT2D eigenvalue weighted by atomic mass is 10.2. The highest BCUT2D eigenvalue weighted by Gasteiger charge is 2.15. The number of aromatic nitrogens is 6. The molecule has 0 N–H and O–H groups in total. The van der Waals surface area contributed by atoms with Gasteiger partial charge in [-0.15, -0.1) is 10.2 Å². The van der Waals surface area contributed by atoms with Gasteiger partial charge in [0.05, 0.1) is 6.54 Å². The van der Waals surface area contributed by atoms with Gasteiger partial charge >= 0.3 is 0 Å². The zero-order valence-electron chi connectivity index (χ0n) is 16.1. The molecule has 0 unspecified atom stereocenters. The van der Waals surface area contributed by atoms with Crippen LogP contribution >= 0.6 is 22.9 Å². The van der Waals surface area contributed by atoms with E-state index in [0.29, 0.717) is 26.3 Å². The smallest absolute Gasteiger partial charge is 0.267 e. The van der Waals surface area contributed by atoms with Gasteiger partial charge in [-0.25, -0.2) is 9.07 Å². The highest BCUT2D eigenvalue weighted by atomic mass is 35.5. The Morgan fingerprint density at radius 2 is 1.88 bits per heavy atom. The third kappa shape index (κ3) is 4.18. The molecule has 0 fully saturated rings. The predicted molar refractivity (Wildman–Crippen MR) is 117 cm³/mol. The van der Waals surface area contributed by atoms with Crippen molar-refractivity contribution in [1.82, 2.24) is 30.1 Å². The summed E-state index contributed by atoms with van der Waals surface area (Å²) in [7, 11) is 0. The number of nitrogens with zero attached hydrogens (tertiary/aromatic N) is 6. The zero-order valence-corrected chi connectivity index (χ0v) is 17.7. The van der Waals surface area contributed by atoms with Crippen LogP contribution in [-0.4, -0.2) is 30.1 Å². The quantitative estimate of drug-likeness (QED) is 0.380. The molecule has 0 spiro atoms. The van der Waals surface area contributed by atoms with E-state index in [-0.39, 0.29) is 29.6 Å². The number of hydrogen-bond donors (Lipinski definition) is 0. The zero-order chi connectivity index (χ0) is 22.1. The maximum Gasteiger partial charge on any atom is 0.267 e. The van der Waals surface area contributed by atoms with Gasteiger partial charge in [0.2, 0.25) is 5.82 Å². The lowest BCUT2D eigenvalue weighted by Crippen LogP contribution is -2.22. The molecular weight excluding hydrogens is 455 g/mol. The maximum absolute atomic E-state index is 13.1. The molecule has 0 amide bonds. The first-order valence-corrected chi connectivity index (χ1v) is 10.5. The predicted octanol–water partition coefficient (Wildman–Crippen LogP) is 4.32. The van der Waals surface area contributed by atoms with Crippen LogP contribution in [0, 0.1) is 5.82 Å². The van der Waals surface area contributed by atoms with Crippen LogP contribution in [-0.2, 0) is 6.54 Å². The van der Waals surface area contributed by atoms with Gasteiger partial charge in [-0.2, -0.15) is 10.1 Å². The van der Waals surface area contributed by atoms with E-state index >= 15 is 0 Å². The van der Waals surface area contributed by atoms with Crippen LogP contribution in [0.15, 0.2) is 70.0 Å². The maximum atomic E-state index is 13.1. The van der Waals surface area contributed by atoms with E-state index in [9.17, 15) is 9.18 Å². The van der Waals surface area contributed by atoms with E-state index in [1.54, 1.807) is 36.4 Å². The highest BCUT2D eigenvalue weighted by Crippen LogP contribution is 2.25. The Kier molecular flexibility index (Phi) is 5.29. The number of rotatable bonds is 5. The molecule has 11 heteroatoms. The number of halogens is 2. The largest absolute Gasteiger partial charge is 0.334 e. The average molecular weight is 467 g/mol. The third-order valence-corrected chi connectivity index (χ3v) is 5.63. The van der Waals surface area contributed by atoms with Crippen LogP contribution in [0.5, 0.6) is 0 Å². The van der Waals surface area contributed by atoms with Crippen LogP contribution in [0.1, 0.15) is 5.01 Å². The molecule has 0 atom stereocenters. The first kappa shape index (κ1) is 20.2. The molecule has 0 saturated heterocycles. The van der Waals surface area contributed by atoms with Crippen molar-refractivity contribution in [3.05, 3.63) is 86.9 Å². The first-order valence-electron chi connectivity index (χ1n) is 9.32. The fourth-order valence-corrected chi connectivity index (χ4v) is 3.92. The Bertz CT molecular complexity index is 1460. The highest BCUT2D eigenvalue weighted by molar-refractivity contribution is 7.14. The first-order chi connectivity index (χ1) is 15.5. The molecule has 5 aromatic rings. The molecular formula is C21H12ClFN6O2S. The van der Waals surface area contributed by atoms with E-state index in [2.05, 4.69) is 25.4 Å². The molecule has 3 heterocycles. The van der Waals surface area contributed by atoms with Crippen molar-refractivity contribution in [1.29, 1.82) is 0 Å². The minimum Gasteiger partial charge on any atom is -0.334 e. The Morgan fingerprint density at radius 3 is 2.69 bits per heavy atom. The molecule has 5 rings (SSSR count). The molecule has 0 aliphatic carbocycles. The molecule has 3 aromatic heterocycles. The van der Waals surface area contributed by atoms with Gasteiger partial charge in [-0.05, 0) is 48.5 Å². The van der Waals surface area contributed by atoms with Crippen molar-refractivity contribution >= 4 is 22.9 Å². The van der Waals surface area contributed by atoms with E-state index < -0.39 is 0 Å². The Hall–Kier alpha value is -3.76. The van der Waals surface area contributed by atoms with Crippen LogP contribution in [0.25, 0.3) is 33.5 Å². The standard InChI is InChI=1S/C21H12ClFN6O2S/c22-14-3-1-2-13(10-14)20-24-19(28-31-20)16-8-9-18(30)29(27-16)11-17-25-26-21(32-17)12-4-6-15(23)7-5-12/h1-10H,11H2. The van der Waals surface area contributed by atoms with Crippen molar-refractivity contribution in [3.8, 4) is 33.5 Å². The van der Waals surface area contributed by atoms with Crippen molar-refractivity contribution in [2.75, 3.05) is 0 Å². The minimum absolute atomic E-state index is 0.116. The topological polar surface area (TPSA) is 99.6 Å². The lowest BCUT2D eigenvalue weighted by Gasteiger charge is -2.02. The summed E-state index contributed by atoms with van der Waals surface area (Å²) >= 11 is 7.31. The molecule has 0 aliphatic heterocycles. The Morgan fingerprint density at radius 1 is 1.03 bits per heavy atom. The van der Waals surface area contributed by atoms with Crippen LogP contribution in [0.2, 0.25) is 5.02 Å². The Balaban J connectivity index is 1.40. The van der Waals surface area contributed by atoms with Crippen LogP contribution < -0.4 is 5.56 Å². The Labute approximate surface area is 189 Å². The minimum atomic E-state index is -0.328. The summed E-state index contributed by atoms with van der Waals surface area (Å²) in [6, 6.07) is 15.9. The summed E-state index contributed by atoms with van der Waals surface area (Å²) in [6.07, 6.45) is 0. The van der Waals surface area contributed by atoms with Crippen molar-refractivity contribution in [2.24, 2.45) is 0 Å². The second-order valence-corrected chi connectivity index (χ2v) is 8.15. The fraction of sp³-hybridized carbons (Fsp3) is 0.0476. The van der Waals surface area contributed by atoms with Gasteiger partial charge in [0, 0.05) is 22.2 Å². The van der Waals surface area contributed by atoms with Crippen molar-refractivity contribution in [2.45, 2.75) is 6.54 Å². The summed E-state index contributed by atoms with van der Waals surface area (Å²) in [4.78, 5) is 16.7. The molecule has 8 nitrogen and oxygen atoms in total. The normalized spacial score (nSPS) is 11.1. The van der Waals surface area contributed by atoms with Gasteiger partial charge in [0.15, 0.2) is 0 Å². The summed E-state index contributed by atoms with van der Waals surface area (Å²) < 4.78 is 19.7. The molecule has 0 saturated carbocycles. The monoisotopic (exact) mass is 466 g/mol.